The molecule has 24 heavy (non-hydrogen) atoms. The maximum Gasteiger partial charge on any atom is 0.310 e. The second-order valence-electron chi connectivity index (χ2n) is 5.57. The number of primary amides is 1. The van der Waals surface area contributed by atoms with Gasteiger partial charge in [0.15, 0.2) is 11.7 Å². The number of nitrogens with two attached hydrogens (primary N) is 1. The van der Waals surface area contributed by atoms with Gasteiger partial charge < -0.3 is 25.1 Å². The number of carbonyl (C=O) groups is 2. The molecule has 0 aliphatic carbocycles. The number of nitrogens with zero attached hydrogens (tertiary/aromatic N) is 2. The molecule has 3 N–H and O–H groups in total. The summed E-state index contributed by atoms with van der Waals surface area (Å²) in [6.45, 7) is 3.97. The Morgan fingerprint density at radius 3 is 2.92 bits per heavy atom. The van der Waals surface area contributed by atoms with Crippen LogP contribution in [0.25, 0.3) is 0 Å². The van der Waals surface area contributed by atoms with Gasteiger partial charge in [-0.15, -0.1) is 0 Å². The number of nitrogens with one attached hydrogen (secondary N) is 1. The Morgan fingerprint density at radius 2 is 2.29 bits per heavy atom. The molecule has 1 aromatic rings. The number of guanidine groups is 1. The van der Waals surface area contributed by atoms with Crippen LogP contribution in [0.15, 0.2) is 21.5 Å². The van der Waals surface area contributed by atoms with Crippen LogP contribution in [-0.4, -0.2) is 49.5 Å². The van der Waals surface area contributed by atoms with Crippen molar-refractivity contribution < 1.29 is 18.7 Å². The van der Waals surface area contributed by atoms with Crippen LogP contribution >= 0.6 is 0 Å². The molecule has 1 unspecified atom stereocenters. The molecule has 0 spiro atoms. The molecule has 1 amide bonds. The smallest absolute Gasteiger partial charge is 0.310 e. The summed E-state index contributed by atoms with van der Waals surface area (Å²) in [5.41, 5.74) is 5.17. The lowest BCUT2D eigenvalue weighted by Crippen LogP contribution is -2.48. The number of hydrogen-bond acceptors (Lipinski definition) is 5. The van der Waals surface area contributed by atoms with Crippen molar-refractivity contribution in [1.29, 1.82) is 0 Å². The molecule has 2 heterocycles. The predicted octanol–water partition coefficient (Wildman–Crippen LogP) is 0.729. The molecule has 1 aliphatic rings. The van der Waals surface area contributed by atoms with Gasteiger partial charge in [0.25, 0.3) is 5.91 Å². The molecule has 1 saturated heterocycles. The van der Waals surface area contributed by atoms with Gasteiger partial charge in [-0.2, -0.15) is 0 Å². The van der Waals surface area contributed by atoms with Crippen molar-refractivity contribution in [3.05, 3.63) is 23.7 Å². The lowest BCUT2D eigenvalue weighted by atomic mass is 9.98. The van der Waals surface area contributed by atoms with Gasteiger partial charge in [0.05, 0.1) is 19.1 Å². The number of piperidine rings is 1. The number of furan rings is 1. The largest absolute Gasteiger partial charge is 0.466 e. The zero-order chi connectivity index (χ0) is 17.5. The van der Waals surface area contributed by atoms with Crippen molar-refractivity contribution in [2.45, 2.75) is 26.3 Å². The molecule has 0 aromatic carbocycles. The van der Waals surface area contributed by atoms with Crippen molar-refractivity contribution in [3.8, 4) is 0 Å². The highest BCUT2D eigenvalue weighted by molar-refractivity contribution is 5.89. The first-order valence-electron chi connectivity index (χ1n) is 8.05. The van der Waals surface area contributed by atoms with E-state index in [0.717, 1.165) is 19.4 Å². The first-order chi connectivity index (χ1) is 11.5. The van der Waals surface area contributed by atoms with Gasteiger partial charge in [0.1, 0.15) is 5.76 Å². The summed E-state index contributed by atoms with van der Waals surface area (Å²) in [4.78, 5) is 29.3. The Bertz CT molecular complexity index is 611. The Labute approximate surface area is 141 Å². The molecule has 0 radical (unpaired) electrons. The minimum Gasteiger partial charge on any atom is -0.466 e. The summed E-state index contributed by atoms with van der Waals surface area (Å²) in [5, 5.41) is 3.18. The third-order valence-electron chi connectivity index (χ3n) is 3.88. The predicted molar refractivity (Wildman–Crippen MR) is 88.4 cm³/mol. The summed E-state index contributed by atoms with van der Waals surface area (Å²) in [6.07, 6.45) is 1.73. The number of aliphatic imine (C=N–C) groups is 1. The first kappa shape index (κ1) is 17.8. The van der Waals surface area contributed by atoms with Gasteiger partial charge in [-0.1, -0.05) is 0 Å². The number of ether oxygens (including phenoxy) is 1. The van der Waals surface area contributed by atoms with Gasteiger partial charge in [0, 0.05) is 20.1 Å². The Morgan fingerprint density at radius 1 is 1.50 bits per heavy atom. The third kappa shape index (κ3) is 4.50. The average molecular weight is 336 g/mol. The lowest BCUT2D eigenvalue weighted by molar-refractivity contribution is -0.149. The molecule has 1 aliphatic heterocycles. The van der Waals surface area contributed by atoms with Crippen LogP contribution in [0.4, 0.5) is 0 Å². The van der Waals surface area contributed by atoms with Crippen LogP contribution in [0.2, 0.25) is 0 Å². The lowest BCUT2D eigenvalue weighted by Gasteiger charge is -2.33. The van der Waals surface area contributed by atoms with Gasteiger partial charge in [0.2, 0.25) is 0 Å². The van der Waals surface area contributed by atoms with E-state index in [0.29, 0.717) is 31.4 Å². The molecule has 1 fully saturated rings. The molecular formula is C16H24N4O4. The summed E-state index contributed by atoms with van der Waals surface area (Å²) >= 11 is 0. The van der Waals surface area contributed by atoms with Crippen molar-refractivity contribution >= 4 is 17.8 Å². The highest BCUT2D eigenvalue weighted by Gasteiger charge is 2.28. The first-order valence-corrected chi connectivity index (χ1v) is 8.05. The number of rotatable bonds is 5. The summed E-state index contributed by atoms with van der Waals surface area (Å²) < 4.78 is 10.4. The average Bonchev–Trinajstić information content (AvgIpc) is 3.05. The zero-order valence-electron chi connectivity index (χ0n) is 14.1. The van der Waals surface area contributed by atoms with E-state index in [2.05, 4.69) is 10.3 Å². The molecule has 2 rings (SSSR count). The minimum atomic E-state index is -0.598. The fraction of sp³-hybridized carbons (Fsp3) is 0.562. The van der Waals surface area contributed by atoms with Crippen LogP contribution in [0.5, 0.6) is 0 Å². The van der Waals surface area contributed by atoms with E-state index in [-0.39, 0.29) is 17.6 Å². The molecule has 8 nitrogen and oxygen atoms in total. The van der Waals surface area contributed by atoms with Gasteiger partial charge in [-0.05, 0) is 31.9 Å². The SMILES string of the molecule is CCOC(=O)C1CCCN(C(=NC)NCc2ccc(C(N)=O)o2)C1. The highest BCUT2D eigenvalue weighted by Crippen LogP contribution is 2.18. The van der Waals surface area contributed by atoms with Crippen molar-refractivity contribution in [1.82, 2.24) is 10.2 Å². The van der Waals surface area contributed by atoms with E-state index in [4.69, 9.17) is 14.9 Å². The van der Waals surface area contributed by atoms with E-state index < -0.39 is 5.91 Å². The van der Waals surface area contributed by atoms with Crippen LogP contribution in [0.1, 0.15) is 36.1 Å². The van der Waals surface area contributed by atoms with Crippen LogP contribution in [0.3, 0.4) is 0 Å². The Balaban J connectivity index is 1.92. The summed E-state index contributed by atoms with van der Waals surface area (Å²) in [7, 11) is 1.69. The fourth-order valence-electron chi connectivity index (χ4n) is 2.73. The minimum absolute atomic E-state index is 0.127. The molecular weight excluding hydrogens is 312 g/mol. The second-order valence-corrected chi connectivity index (χ2v) is 5.57. The summed E-state index contributed by atoms with van der Waals surface area (Å²) in [6, 6.07) is 3.23. The molecule has 1 aromatic heterocycles. The van der Waals surface area contributed by atoms with E-state index in [1.54, 1.807) is 19.2 Å². The Hall–Kier alpha value is -2.51. The number of carbonyl (C=O) groups excluding carboxylic acids is 2. The van der Waals surface area contributed by atoms with E-state index in [9.17, 15) is 9.59 Å². The fourth-order valence-corrected chi connectivity index (χ4v) is 2.73. The Kier molecular flexibility index (Phi) is 6.22. The van der Waals surface area contributed by atoms with Gasteiger partial charge in [-0.3, -0.25) is 14.6 Å². The third-order valence-corrected chi connectivity index (χ3v) is 3.88. The van der Waals surface area contributed by atoms with Crippen LogP contribution in [-0.2, 0) is 16.1 Å². The number of esters is 1. The molecule has 8 heteroatoms. The van der Waals surface area contributed by atoms with Crippen LogP contribution in [0, 0.1) is 5.92 Å². The van der Waals surface area contributed by atoms with Crippen molar-refractivity contribution in [3.63, 3.8) is 0 Å². The summed E-state index contributed by atoms with van der Waals surface area (Å²) in [5.74, 6) is 0.503. The normalized spacial score (nSPS) is 18.3. The van der Waals surface area contributed by atoms with Crippen molar-refractivity contribution in [2.24, 2.45) is 16.6 Å². The van der Waals surface area contributed by atoms with E-state index >= 15 is 0 Å². The quantitative estimate of drug-likeness (QED) is 0.466. The second kappa shape index (κ2) is 8.37. The van der Waals surface area contributed by atoms with E-state index in [1.165, 1.54) is 0 Å². The number of hydrogen-bond donors (Lipinski definition) is 2. The molecule has 1 atom stereocenters. The van der Waals surface area contributed by atoms with E-state index in [1.807, 2.05) is 11.8 Å². The zero-order valence-corrected chi connectivity index (χ0v) is 14.1. The molecule has 0 saturated carbocycles. The maximum atomic E-state index is 11.9. The standard InChI is InChI=1S/C16H24N4O4/c1-3-23-15(22)11-5-4-8-20(10-11)16(18-2)19-9-12-6-7-13(24-12)14(17)21/h6-7,11H,3-5,8-10H2,1-2H3,(H2,17,21)(H,18,19). The highest BCUT2D eigenvalue weighted by atomic mass is 16.5. The van der Waals surface area contributed by atoms with Gasteiger partial charge >= 0.3 is 5.97 Å². The van der Waals surface area contributed by atoms with Crippen molar-refractivity contribution in [2.75, 3.05) is 26.7 Å². The number of amides is 1. The number of likely N-dealkylation sites (tertiary alicyclic amines) is 1. The van der Waals surface area contributed by atoms with Crippen LogP contribution < -0.4 is 11.1 Å². The maximum absolute atomic E-state index is 11.9. The monoisotopic (exact) mass is 336 g/mol. The molecule has 132 valence electrons. The topological polar surface area (TPSA) is 110 Å². The van der Waals surface area contributed by atoms with Gasteiger partial charge in [-0.25, -0.2) is 0 Å². The molecule has 0 bridgehead atoms.